The third-order valence-corrected chi connectivity index (χ3v) is 6.67. The fraction of sp³-hybridized carbons (Fsp3) is 0.346. The molecular weight excluding hydrogens is 420 g/mol. The summed E-state index contributed by atoms with van der Waals surface area (Å²) in [7, 11) is 0. The summed E-state index contributed by atoms with van der Waals surface area (Å²) in [6.45, 7) is 4.22. The van der Waals surface area contributed by atoms with E-state index in [0.29, 0.717) is 18.5 Å². The van der Waals surface area contributed by atoms with Crippen LogP contribution in [0.5, 0.6) is 0 Å². The van der Waals surface area contributed by atoms with Crippen molar-refractivity contribution in [3.8, 4) is 11.1 Å². The highest BCUT2D eigenvalue weighted by atomic mass is 16.5. The van der Waals surface area contributed by atoms with Crippen molar-refractivity contribution in [2.75, 3.05) is 19.7 Å². The molecule has 2 unspecified atom stereocenters. The molecule has 7 heteroatoms. The van der Waals surface area contributed by atoms with Gasteiger partial charge in [-0.25, -0.2) is 4.79 Å². The molecule has 2 aliphatic rings. The molecule has 0 saturated carbocycles. The zero-order chi connectivity index (χ0) is 23.5. The quantitative estimate of drug-likeness (QED) is 0.656. The van der Waals surface area contributed by atoms with Gasteiger partial charge < -0.3 is 20.1 Å². The maximum atomic E-state index is 12.7. The van der Waals surface area contributed by atoms with Crippen molar-refractivity contribution < 1.29 is 24.2 Å². The van der Waals surface area contributed by atoms with Gasteiger partial charge in [-0.3, -0.25) is 9.59 Å². The van der Waals surface area contributed by atoms with Crippen molar-refractivity contribution in [1.29, 1.82) is 0 Å². The number of hydrogen-bond acceptors (Lipinski definition) is 4. The zero-order valence-corrected chi connectivity index (χ0v) is 18.8. The van der Waals surface area contributed by atoms with Crippen LogP contribution in [0, 0.1) is 5.92 Å². The molecule has 0 aromatic heterocycles. The Bertz CT molecular complexity index is 1060. The van der Waals surface area contributed by atoms with Crippen molar-refractivity contribution in [3.63, 3.8) is 0 Å². The average molecular weight is 449 g/mol. The lowest BCUT2D eigenvalue weighted by atomic mass is 9.98. The van der Waals surface area contributed by atoms with Gasteiger partial charge in [0.05, 0.1) is 5.92 Å². The second kappa shape index (κ2) is 9.48. The molecule has 33 heavy (non-hydrogen) atoms. The third-order valence-electron chi connectivity index (χ3n) is 6.67. The average Bonchev–Trinajstić information content (AvgIpc) is 3.35. The second-order valence-electron chi connectivity index (χ2n) is 8.57. The van der Waals surface area contributed by atoms with Crippen LogP contribution in [-0.4, -0.2) is 53.7 Å². The minimum absolute atomic E-state index is 0.0131. The van der Waals surface area contributed by atoms with Gasteiger partial charge in [-0.15, -0.1) is 0 Å². The van der Waals surface area contributed by atoms with Gasteiger partial charge in [0, 0.05) is 30.6 Å². The van der Waals surface area contributed by atoms with E-state index in [-0.39, 0.29) is 31.0 Å². The van der Waals surface area contributed by atoms with Gasteiger partial charge in [-0.05, 0) is 42.5 Å². The number of benzene rings is 2. The molecule has 2 aromatic rings. The number of nitrogens with zero attached hydrogens (tertiary/aromatic N) is 1. The number of hydrogen-bond donors (Lipinski definition) is 2. The normalized spacial score (nSPS) is 19.7. The van der Waals surface area contributed by atoms with Crippen LogP contribution in [0.2, 0.25) is 0 Å². The Morgan fingerprint density at radius 3 is 2.27 bits per heavy atom. The van der Waals surface area contributed by atoms with E-state index >= 15 is 0 Å². The highest BCUT2D eigenvalue weighted by molar-refractivity contribution is 5.94. The van der Waals surface area contributed by atoms with Crippen LogP contribution >= 0.6 is 0 Å². The van der Waals surface area contributed by atoms with Crippen LogP contribution in [0.25, 0.3) is 11.1 Å². The number of carbonyl (C=O) groups is 3. The highest BCUT2D eigenvalue weighted by Gasteiger charge is 2.38. The van der Waals surface area contributed by atoms with Crippen molar-refractivity contribution in [3.05, 3.63) is 71.3 Å². The first kappa shape index (κ1) is 22.6. The predicted octanol–water partition coefficient (Wildman–Crippen LogP) is 3.79. The molecule has 0 bridgehead atoms. The summed E-state index contributed by atoms with van der Waals surface area (Å²) >= 11 is 0. The number of carboxylic acid groups (broad SMARTS) is 1. The maximum absolute atomic E-state index is 12.7. The monoisotopic (exact) mass is 448 g/mol. The number of aliphatic carboxylic acids is 1. The first-order valence-electron chi connectivity index (χ1n) is 11.2. The molecular formula is C26H28N2O5. The van der Waals surface area contributed by atoms with E-state index in [0.717, 1.165) is 11.1 Å². The van der Waals surface area contributed by atoms with Crippen molar-refractivity contribution in [1.82, 2.24) is 10.2 Å². The van der Waals surface area contributed by atoms with E-state index in [9.17, 15) is 19.5 Å². The number of ether oxygens (including phenoxy) is 1. The number of fused-ring (bicyclic) bond motifs is 3. The molecule has 2 N–H and O–H groups in total. The Morgan fingerprint density at radius 1 is 1.09 bits per heavy atom. The molecule has 0 spiro atoms. The first-order valence-corrected chi connectivity index (χ1v) is 11.2. The summed E-state index contributed by atoms with van der Waals surface area (Å²) in [5.74, 6) is -1.64. The number of carbonyl (C=O) groups excluding carboxylic acids is 2. The molecule has 7 nitrogen and oxygen atoms in total. The number of rotatable bonds is 6. The SMILES string of the molecule is C/C(=C\CNC(=O)OCC1c2ccccc2-c2ccccc21)C(=O)N1CCC(C(=O)O)C1C. The summed E-state index contributed by atoms with van der Waals surface area (Å²) < 4.78 is 5.50. The van der Waals surface area contributed by atoms with Gasteiger partial charge >= 0.3 is 12.1 Å². The van der Waals surface area contributed by atoms with Gasteiger partial charge in [0.2, 0.25) is 5.91 Å². The molecule has 1 fully saturated rings. The van der Waals surface area contributed by atoms with E-state index in [4.69, 9.17) is 4.74 Å². The van der Waals surface area contributed by atoms with Crippen molar-refractivity contribution in [2.24, 2.45) is 5.92 Å². The van der Waals surface area contributed by atoms with E-state index in [1.54, 1.807) is 24.8 Å². The number of nitrogens with one attached hydrogen (secondary N) is 1. The topological polar surface area (TPSA) is 95.9 Å². The van der Waals surface area contributed by atoms with Crippen LogP contribution in [0.1, 0.15) is 37.3 Å². The van der Waals surface area contributed by atoms with Crippen LogP contribution in [-0.2, 0) is 14.3 Å². The first-order chi connectivity index (χ1) is 15.9. The molecule has 2 atom stereocenters. The Balaban J connectivity index is 1.30. The summed E-state index contributed by atoms with van der Waals surface area (Å²) in [6, 6.07) is 15.9. The Morgan fingerprint density at radius 2 is 1.70 bits per heavy atom. The molecule has 0 radical (unpaired) electrons. The number of carboxylic acids is 1. The molecule has 2 aromatic carbocycles. The Kier molecular flexibility index (Phi) is 6.49. The fourth-order valence-electron chi connectivity index (χ4n) is 4.81. The summed E-state index contributed by atoms with van der Waals surface area (Å²) in [5.41, 5.74) is 5.09. The number of likely N-dealkylation sites (tertiary alicyclic amines) is 1. The van der Waals surface area contributed by atoms with Gasteiger partial charge in [0.15, 0.2) is 0 Å². The standard InChI is InChI=1S/C26H28N2O5/c1-16(24(29)28-14-12-18(17(28)2)25(30)31)11-13-27-26(32)33-15-23-21-9-5-3-7-19(21)20-8-4-6-10-22(20)23/h3-11,17-18,23H,12-15H2,1-2H3,(H,27,32)(H,30,31)/b16-11+. The lowest BCUT2D eigenvalue weighted by Crippen LogP contribution is -2.38. The third kappa shape index (κ3) is 4.49. The lowest BCUT2D eigenvalue weighted by molar-refractivity contribution is -0.142. The number of alkyl carbamates (subject to hydrolysis) is 1. The van der Waals surface area contributed by atoms with Crippen LogP contribution in [0.15, 0.2) is 60.2 Å². The lowest BCUT2D eigenvalue weighted by Gasteiger charge is -2.23. The summed E-state index contributed by atoms with van der Waals surface area (Å²) in [4.78, 5) is 37.8. The molecule has 1 saturated heterocycles. The Hall–Kier alpha value is -3.61. The minimum Gasteiger partial charge on any atom is -0.481 e. The molecule has 2 amide bonds. The smallest absolute Gasteiger partial charge is 0.407 e. The molecule has 1 aliphatic carbocycles. The van der Waals surface area contributed by atoms with E-state index < -0.39 is 18.0 Å². The largest absolute Gasteiger partial charge is 0.481 e. The van der Waals surface area contributed by atoms with Crippen molar-refractivity contribution in [2.45, 2.75) is 32.2 Å². The van der Waals surface area contributed by atoms with Crippen molar-refractivity contribution >= 4 is 18.0 Å². The molecule has 4 rings (SSSR count). The summed E-state index contributed by atoms with van der Waals surface area (Å²) in [5, 5.41) is 11.9. The highest BCUT2D eigenvalue weighted by Crippen LogP contribution is 2.44. The number of amides is 2. The van der Waals surface area contributed by atoms with Gasteiger partial charge in [-0.2, -0.15) is 0 Å². The van der Waals surface area contributed by atoms with E-state index in [2.05, 4.69) is 29.6 Å². The van der Waals surface area contributed by atoms with Crippen LogP contribution < -0.4 is 5.32 Å². The maximum Gasteiger partial charge on any atom is 0.407 e. The fourth-order valence-corrected chi connectivity index (χ4v) is 4.81. The van der Waals surface area contributed by atoms with E-state index in [1.165, 1.54) is 11.1 Å². The molecule has 172 valence electrons. The van der Waals surface area contributed by atoms with Crippen LogP contribution in [0.4, 0.5) is 4.79 Å². The van der Waals surface area contributed by atoms with Crippen LogP contribution in [0.3, 0.4) is 0 Å². The summed E-state index contributed by atoms with van der Waals surface area (Å²) in [6.07, 6.45) is 1.53. The Labute approximate surface area is 193 Å². The van der Waals surface area contributed by atoms with Gasteiger partial charge in [0.1, 0.15) is 6.61 Å². The molecule has 1 aliphatic heterocycles. The van der Waals surface area contributed by atoms with Gasteiger partial charge in [-0.1, -0.05) is 54.6 Å². The minimum atomic E-state index is -0.878. The van der Waals surface area contributed by atoms with Gasteiger partial charge in [0.25, 0.3) is 0 Å². The second-order valence-corrected chi connectivity index (χ2v) is 8.57. The van der Waals surface area contributed by atoms with E-state index in [1.807, 2.05) is 24.3 Å². The predicted molar refractivity (Wildman–Crippen MR) is 124 cm³/mol. The zero-order valence-electron chi connectivity index (χ0n) is 18.8. The molecule has 1 heterocycles.